The van der Waals surface area contributed by atoms with Crippen molar-refractivity contribution in [2.24, 2.45) is 0 Å². The minimum atomic E-state index is -0.623. The molecule has 0 atom stereocenters. The smallest absolute Gasteiger partial charge is 0.438 e. The summed E-state index contributed by atoms with van der Waals surface area (Å²) in [5.41, 5.74) is 0. The number of ether oxygens (including phenoxy) is 4. The lowest BCUT2D eigenvalue weighted by atomic mass is 10.5. The van der Waals surface area contributed by atoms with Crippen LogP contribution in [0.3, 0.4) is 0 Å². The van der Waals surface area contributed by atoms with Gasteiger partial charge >= 0.3 is 6.16 Å². The van der Waals surface area contributed by atoms with Gasteiger partial charge in [-0.1, -0.05) is 0 Å². The summed E-state index contributed by atoms with van der Waals surface area (Å²) >= 11 is 0. The largest absolute Gasteiger partial charge is 0.507 e. The van der Waals surface area contributed by atoms with Crippen LogP contribution in [0.25, 0.3) is 0 Å². The van der Waals surface area contributed by atoms with Crippen LogP contribution in [-0.4, -0.2) is 39.9 Å². The summed E-state index contributed by atoms with van der Waals surface area (Å²) in [7, 11) is 1.28. The number of carbonyl (C=O) groups is 1. The van der Waals surface area contributed by atoms with Gasteiger partial charge in [-0.15, -0.1) is 0 Å². The van der Waals surface area contributed by atoms with Gasteiger partial charge < -0.3 is 18.9 Å². The lowest BCUT2D eigenvalue weighted by molar-refractivity contribution is -0.0963. The van der Waals surface area contributed by atoms with Gasteiger partial charge in [0.25, 0.3) is 0 Å². The van der Waals surface area contributed by atoms with E-state index < -0.39 is 6.16 Å². The van der Waals surface area contributed by atoms with Gasteiger partial charge in [-0.25, -0.2) is 4.79 Å². The van der Waals surface area contributed by atoms with Crippen LogP contribution in [0.5, 0.6) is 0 Å². The molecule has 1 heterocycles. The first-order chi connectivity index (χ1) is 6.31. The predicted molar refractivity (Wildman–Crippen MR) is 45.4 cm³/mol. The maximum Gasteiger partial charge on any atom is 0.507 e. The van der Waals surface area contributed by atoms with Gasteiger partial charge in [0, 0.05) is 0 Å². The average molecular weight is 192 g/mol. The molecule has 0 aromatic carbocycles. The summed E-state index contributed by atoms with van der Waals surface area (Å²) in [6.45, 7) is 4.34. The third-order valence-corrected chi connectivity index (χ3v) is 1.17. The Morgan fingerprint density at radius 2 is 2.00 bits per heavy atom. The second kappa shape index (κ2) is 9.28. The molecule has 0 unspecified atom stereocenters. The highest BCUT2D eigenvalue weighted by Crippen LogP contribution is 1.91. The van der Waals surface area contributed by atoms with Crippen LogP contribution in [0.15, 0.2) is 0 Å². The van der Waals surface area contributed by atoms with E-state index in [1.165, 1.54) is 7.11 Å². The molecule has 0 spiro atoms. The molecule has 0 saturated carbocycles. The van der Waals surface area contributed by atoms with E-state index in [0.29, 0.717) is 13.4 Å². The summed E-state index contributed by atoms with van der Waals surface area (Å²) in [4.78, 5) is 9.97. The van der Waals surface area contributed by atoms with E-state index in [9.17, 15) is 4.79 Å². The van der Waals surface area contributed by atoms with E-state index >= 15 is 0 Å². The Morgan fingerprint density at radius 3 is 2.15 bits per heavy atom. The van der Waals surface area contributed by atoms with Crippen LogP contribution in [0.4, 0.5) is 4.79 Å². The van der Waals surface area contributed by atoms with Gasteiger partial charge in [-0.05, 0) is 13.3 Å². The molecule has 0 N–H and O–H groups in total. The summed E-state index contributed by atoms with van der Waals surface area (Å²) in [5.74, 6) is 0. The van der Waals surface area contributed by atoms with E-state index in [-0.39, 0.29) is 0 Å². The second-order valence-electron chi connectivity index (χ2n) is 2.18. The fraction of sp³-hybridized carbons (Fsp3) is 0.875. The SMILES string of the molecule is C1COCOC1.CCOC(=O)OC. The van der Waals surface area contributed by atoms with Gasteiger partial charge in [0.05, 0.1) is 26.9 Å². The molecular weight excluding hydrogens is 176 g/mol. The van der Waals surface area contributed by atoms with Crippen molar-refractivity contribution >= 4 is 6.16 Å². The Balaban J connectivity index is 0.000000223. The summed E-state index contributed by atoms with van der Waals surface area (Å²) < 4.78 is 18.2. The van der Waals surface area contributed by atoms with E-state index in [0.717, 1.165) is 19.6 Å². The minimum absolute atomic E-state index is 0.368. The average Bonchev–Trinajstić information content (AvgIpc) is 2.22. The number of rotatable bonds is 1. The predicted octanol–water partition coefficient (Wildman–Crippen LogP) is 1.17. The third kappa shape index (κ3) is 9.10. The highest BCUT2D eigenvalue weighted by molar-refractivity contribution is 5.59. The maximum absolute atomic E-state index is 9.97. The zero-order valence-electron chi connectivity index (χ0n) is 8.08. The third-order valence-electron chi connectivity index (χ3n) is 1.17. The molecule has 1 aliphatic heterocycles. The number of methoxy groups -OCH3 is 1. The molecule has 0 bridgehead atoms. The van der Waals surface area contributed by atoms with Gasteiger partial charge in [0.1, 0.15) is 6.79 Å². The normalized spacial score (nSPS) is 15.2. The van der Waals surface area contributed by atoms with Crippen LogP contribution in [-0.2, 0) is 18.9 Å². The summed E-state index contributed by atoms with van der Waals surface area (Å²) in [5, 5.41) is 0. The highest BCUT2D eigenvalue weighted by atomic mass is 16.7. The Morgan fingerprint density at radius 1 is 1.38 bits per heavy atom. The minimum Gasteiger partial charge on any atom is -0.438 e. The number of carbonyl (C=O) groups excluding carboxylic acids is 1. The van der Waals surface area contributed by atoms with Crippen molar-refractivity contribution in [1.29, 1.82) is 0 Å². The topological polar surface area (TPSA) is 54.0 Å². The molecule has 5 nitrogen and oxygen atoms in total. The molecule has 1 aliphatic rings. The molecule has 78 valence electrons. The first-order valence-electron chi connectivity index (χ1n) is 4.17. The lowest BCUT2D eigenvalue weighted by Crippen LogP contribution is -2.11. The number of hydrogen-bond acceptors (Lipinski definition) is 5. The summed E-state index contributed by atoms with van der Waals surface area (Å²) in [6.07, 6.45) is 0.433. The molecule has 5 heteroatoms. The molecule has 1 fully saturated rings. The van der Waals surface area contributed by atoms with Crippen LogP contribution in [0, 0.1) is 0 Å². The zero-order chi connectivity index (χ0) is 9.94. The van der Waals surface area contributed by atoms with Crippen LogP contribution >= 0.6 is 0 Å². The van der Waals surface area contributed by atoms with Crippen LogP contribution in [0.1, 0.15) is 13.3 Å². The quantitative estimate of drug-likeness (QED) is 0.584. The first-order valence-corrected chi connectivity index (χ1v) is 4.17. The van der Waals surface area contributed by atoms with Crippen molar-refractivity contribution in [2.45, 2.75) is 13.3 Å². The van der Waals surface area contributed by atoms with Crippen LogP contribution in [0.2, 0.25) is 0 Å². The van der Waals surface area contributed by atoms with Crippen molar-refractivity contribution in [3.8, 4) is 0 Å². The highest BCUT2D eigenvalue weighted by Gasteiger charge is 1.94. The molecule has 0 amide bonds. The van der Waals surface area contributed by atoms with E-state index in [1.807, 2.05) is 0 Å². The van der Waals surface area contributed by atoms with Crippen molar-refractivity contribution < 1.29 is 23.7 Å². The molecule has 0 aromatic heterocycles. The van der Waals surface area contributed by atoms with Crippen molar-refractivity contribution in [3.63, 3.8) is 0 Å². The van der Waals surface area contributed by atoms with Gasteiger partial charge in [-0.2, -0.15) is 0 Å². The molecule has 0 aliphatic carbocycles. The molecular formula is C8H16O5. The molecule has 13 heavy (non-hydrogen) atoms. The van der Waals surface area contributed by atoms with Gasteiger partial charge in [0.2, 0.25) is 0 Å². The van der Waals surface area contributed by atoms with Crippen molar-refractivity contribution in [2.75, 3.05) is 33.7 Å². The summed E-state index contributed by atoms with van der Waals surface area (Å²) in [6, 6.07) is 0. The first kappa shape index (κ1) is 12.2. The van der Waals surface area contributed by atoms with E-state index in [1.54, 1.807) is 6.92 Å². The van der Waals surface area contributed by atoms with Crippen molar-refractivity contribution in [3.05, 3.63) is 0 Å². The lowest BCUT2D eigenvalue weighted by Gasteiger charge is -2.09. The van der Waals surface area contributed by atoms with Crippen LogP contribution < -0.4 is 0 Å². The Kier molecular flexibility index (Phi) is 8.70. The zero-order valence-corrected chi connectivity index (χ0v) is 8.08. The van der Waals surface area contributed by atoms with E-state index in [4.69, 9.17) is 9.47 Å². The fourth-order valence-corrected chi connectivity index (χ4v) is 0.617. The van der Waals surface area contributed by atoms with Gasteiger partial charge in [0.15, 0.2) is 0 Å². The molecule has 1 saturated heterocycles. The molecule has 1 rings (SSSR count). The Bertz CT molecular complexity index is 110. The van der Waals surface area contributed by atoms with Gasteiger partial charge in [-0.3, -0.25) is 0 Å². The molecule has 0 radical (unpaired) electrons. The number of hydrogen-bond donors (Lipinski definition) is 0. The second-order valence-corrected chi connectivity index (χ2v) is 2.18. The Labute approximate surface area is 77.9 Å². The van der Waals surface area contributed by atoms with Crippen molar-refractivity contribution in [1.82, 2.24) is 0 Å². The monoisotopic (exact) mass is 192 g/mol. The fourth-order valence-electron chi connectivity index (χ4n) is 0.617. The Hall–Kier alpha value is -0.810. The maximum atomic E-state index is 9.97. The standard InChI is InChI=1S/C4H8O3.C4H8O2/c1-3-7-4(5)6-2;1-2-5-4-6-3-1/h3H2,1-2H3;1-4H2. The van der Waals surface area contributed by atoms with E-state index in [2.05, 4.69) is 9.47 Å². The molecule has 0 aromatic rings.